The molecule has 0 aliphatic rings. The van der Waals surface area contributed by atoms with Crippen LogP contribution in [0.15, 0.2) is 12.4 Å². The van der Waals surface area contributed by atoms with Gasteiger partial charge in [-0.25, -0.2) is 15.0 Å². The normalized spacial score (nSPS) is 11.4. The van der Waals surface area contributed by atoms with Gasteiger partial charge in [0, 0.05) is 6.07 Å². The SMILES string of the molecule is Cc1nc(C(C)N)n(-c2cc(C#N)ncn2)n1.Cl. The summed E-state index contributed by atoms with van der Waals surface area (Å²) in [5.41, 5.74) is 6.08. The number of halogens is 1. The van der Waals surface area contributed by atoms with Crippen LogP contribution in [-0.4, -0.2) is 24.7 Å². The fourth-order valence-corrected chi connectivity index (χ4v) is 1.42. The zero-order valence-electron chi connectivity index (χ0n) is 9.90. The fourth-order valence-electron chi connectivity index (χ4n) is 1.42. The molecular weight excluding hydrogens is 254 g/mol. The van der Waals surface area contributed by atoms with E-state index in [0.717, 1.165) is 0 Å². The molecule has 0 aliphatic carbocycles. The Morgan fingerprint density at radius 2 is 2.17 bits per heavy atom. The van der Waals surface area contributed by atoms with E-state index in [-0.39, 0.29) is 24.1 Å². The molecule has 0 aromatic carbocycles. The van der Waals surface area contributed by atoms with E-state index in [1.165, 1.54) is 11.0 Å². The Bertz CT molecular complexity index is 584. The minimum Gasteiger partial charge on any atom is -0.322 e. The molecule has 2 heterocycles. The summed E-state index contributed by atoms with van der Waals surface area (Å²) in [6, 6.07) is 3.22. The van der Waals surface area contributed by atoms with Crippen molar-refractivity contribution in [2.75, 3.05) is 0 Å². The van der Waals surface area contributed by atoms with E-state index in [0.29, 0.717) is 17.5 Å². The number of aryl methyl sites for hydroxylation is 1. The quantitative estimate of drug-likeness (QED) is 0.856. The predicted octanol–water partition coefficient (Wildman–Crippen LogP) is 0.679. The molecule has 0 radical (unpaired) electrons. The highest BCUT2D eigenvalue weighted by Crippen LogP contribution is 2.12. The zero-order valence-corrected chi connectivity index (χ0v) is 10.7. The maximum atomic E-state index is 8.78. The van der Waals surface area contributed by atoms with E-state index in [4.69, 9.17) is 11.0 Å². The smallest absolute Gasteiger partial charge is 0.160 e. The minimum absolute atomic E-state index is 0. The van der Waals surface area contributed by atoms with Crippen molar-refractivity contribution in [3.63, 3.8) is 0 Å². The van der Waals surface area contributed by atoms with Crippen LogP contribution in [0.3, 0.4) is 0 Å². The number of hydrogen-bond donors (Lipinski definition) is 1. The summed E-state index contributed by atoms with van der Waals surface area (Å²) in [4.78, 5) is 12.1. The van der Waals surface area contributed by atoms with Crippen LogP contribution in [0.5, 0.6) is 0 Å². The Labute approximate surface area is 110 Å². The molecule has 1 atom stereocenters. The standard InChI is InChI=1S/C10H11N7.ClH/c1-6(12)10-15-7(2)16-17(10)9-3-8(4-11)13-5-14-9;/h3,5-6H,12H2,1-2H3;1H. The lowest BCUT2D eigenvalue weighted by molar-refractivity contribution is 0.679. The lowest BCUT2D eigenvalue weighted by atomic mass is 10.3. The molecule has 7 nitrogen and oxygen atoms in total. The number of rotatable bonds is 2. The summed E-state index contributed by atoms with van der Waals surface area (Å²) >= 11 is 0. The van der Waals surface area contributed by atoms with Crippen LogP contribution in [0.1, 0.15) is 30.3 Å². The Morgan fingerprint density at radius 1 is 1.44 bits per heavy atom. The molecule has 2 aromatic heterocycles. The van der Waals surface area contributed by atoms with Gasteiger partial charge in [-0.05, 0) is 13.8 Å². The van der Waals surface area contributed by atoms with Crippen molar-refractivity contribution in [3.8, 4) is 11.9 Å². The van der Waals surface area contributed by atoms with Gasteiger partial charge >= 0.3 is 0 Å². The van der Waals surface area contributed by atoms with Crippen LogP contribution in [0.4, 0.5) is 0 Å². The van der Waals surface area contributed by atoms with Crippen molar-refractivity contribution in [2.24, 2.45) is 5.73 Å². The van der Waals surface area contributed by atoms with E-state index in [1.807, 2.05) is 13.0 Å². The van der Waals surface area contributed by atoms with Gasteiger partial charge in [0.15, 0.2) is 11.6 Å². The second kappa shape index (κ2) is 5.53. The number of hydrogen-bond acceptors (Lipinski definition) is 6. The van der Waals surface area contributed by atoms with Crippen molar-refractivity contribution >= 4 is 12.4 Å². The van der Waals surface area contributed by atoms with Crippen LogP contribution >= 0.6 is 12.4 Å². The van der Waals surface area contributed by atoms with Gasteiger partial charge in [-0.3, -0.25) is 0 Å². The van der Waals surface area contributed by atoms with Crippen LogP contribution in [0.2, 0.25) is 0 Å². The summed E-state index contributed by atoms with van der Waals surface area (Å²) in [6.45, 7) is 3.58. The molecule has 2 aromatic rings. The third-order valence-electron chi connectivity index (χ3n) is 2.13. The molecule has 0 saturated carbocycles. The van der Waals surface area contributed by atoms with Crippen molar-refractivity contribution < 1.29 is 0 Å². The molecule has 0 amide bonds. The Hall–Kier alpha value is -2.04. The monoisotopic (exact) mass is 265 g/mol. The highest BCUT2D eigenvalue weighted by molar-refractivity contribution is 5.85. The highest BCUT2D eigenvalue weighted by atomic mass is 35.5. The van der Waals surface area contributed by atoms with Crippen LogP contribution in [0, 0.1) is 18.3 Å². The number of nitrogens with zero attached hydrogens (tertiary/aromatic N) is 6. The second-order valence-electron chi connectivity index (χ2n) is 3.59. The number of nitriles is 1. The van der Waals surface area contributed by atoms with Crippen LogP contribution in [-0.2, 0) is 0 Å². The van der Waals surface area contributed by atoms with Gasteiger partial charge < -0.3 is 5.73 Å². The number of nitrogens with two attached hydrogens (primary N) is 1. The molecule has 0 fully saturated rings. The maximum absolute atomic E-state index is 8.78. The third-order valence-corrected chi connectivity index (χ3v) is 2.13. The molecule has 0 spiro atoms. The van der Waals surface area contributed by atoms with Crippen LogP contribution < -0.4 is 5.73 Å². The maximum Gasteiger partial charge on any atom is 0.160 e. The van der Waals surface area contributed by atoms with E-state index in [9.17, 15) is 0 Å². The predicted molar refractivity (Wildman–Crippen MR) is 66.3 cm³/mol. The first-order valence-electron chi connectivity index (χ1n) is 5.03. The Balaban J connectivity index is 0.00000162. The van der Waals surface area contributed by atoms with E-state index >= 15 is 0 Å². The van der Waals surface area contributed by atoms with E-state index in [2.05, 4.69) is 20.1 Å². The molecule has 1 unspecified atom stereocenters. The first-order chi connectivity index (χ1) is 8.11. The van der Waals surface area contributed by atoms with Crippen molar-refractivity contribution in [2.45, 2.75) is 19.9 Å². The summed E-state index contributed by atoms with van der Waals surface area (Å²) in [6.07, 6.45) is 1.32. The van der Waals surface area contributed by atoms with Crippen molar-refractivity contribution in [1.29, 1.82) is 5.26 Å². The molecule has 8 heteroatoms. The first-order valence-corrected chi connectivity index (χ1v) is 5.03. The highest BCUT2D eigenvalue weighted by Gasteiger charge is 2.14. The van der Waals surface area contributed by atoms with Gasteiger partial charge in [0.25, 0.3) is 0 Å². The number of aromatic nitrogens is 5. The molecular formula is C10H12ClN7. The van der Waals surface area contributed by atoms with Gasteiger partial charge in [-0.2, -0.15) is 9.94 Å². The van der Waals surface area contributed by atoms with Crippen molar-refractivity contribution in [1.82, 2.24) is 24.7 Å². The van der Waals surface area contributed by atoms with Gasteiger partial charge in [0.2, 0.25) is 0 Å². The summed E-state index contributed by atoms with van der Waals surface area (Å²) in [7, 11) is 0. The van der Waals surface area contributed by atoms with E-state index < -0.39 is 0 Å². The largest absolute Gasteiger partial charge is 0.322 e. The molecule has 2 N–H and O–H groups in total. The Kier molecular flexibility index (Phi) is 4.31. The molecule has 0 aliphatic heterocycles. The third kappa shape index (κ3) is 2.61. The molecule has 18 heavy (non-hydrogen) atoms. The van der Waals surface area contributed by atoms with Crippen LogP contribution in [0.25, 0.3) is 5.82 Å². The summed E-state index contributed by atoms with van der Waals surface area (Å²) in [5, 5.41) is 13.0. The van der Waals surface area contributed by atoms with Gasteiger partial charge in [0.05, 0.1) is 6.04 Å². The lowest BCUT2D eigenvalue weighted by Crippen LogP contribution is -2.14. The minimum atomic E-state index is -0.267. The average Bonchev–Trinajstić information content (AvgIpc) is 2.72. The van der Waals surface area contributed by atoms with Gasteiger partial charge in [-0.1, -0.05) is 0 Å². The molecule has 2 rings (SSSR count). The topological polar surface area (TPSA) is 106 Å². The molecule has 0 saturated heterocycles. The summed E-state index contributed by atoms with van der Waals surface area (Å²) < 4.78 is 1.53. The zero-order chi connectivity index (χ0) is 12.4. The first kappa shape index (κ1) is 14.0. The Morgan fingerprint density at radius 3 is 2.78 bits per heavy atom. The summed E-state index contributed by atoms with van der Waals surface area (Å²) in [5.74, 6) is 1.70. The van der Waals surface area contributed by atoms with Gasteiger partial charge in [-0.15, -0.1) is 17.5 Å². The second-order valence-corrected chi connectivity index (χ2v) is 3.59. The molecule has 94 valence electrons. The van der Waals surface area contributed by atoms with E-state index in [1.54, 1.807) is 13.0 Å². The fraction of sp³-hybridized carbons (Fsp3) is 0.300. The average molecular weight is 266 g/mol. The molecule has 0 bridgehead atoms. The lowest BCUT2D eigenvalue weighted by Gasteiger charge is -2.06. The van der Waals surface area contributed by atoms with Gasteiger partial charge in [0.1, 0.15) is 23.9 Å². The van der Waals surface area contributed by atoms with Crippen molar-refractivity contribution in [3.05, 3.63) is 29.7 Å².